The number of anilines is 1. The molecule has 0 radical (unpaired) electrons. The Kier molecular flexibility index (Phi) is 4.47. The van der Waals surface area contributed by atoms with Crippen LogP contribution in [0.25, 0.3) is 0 Å². The fourth-order valence-electron chi connectivity index (χ4n) is 1.89. The summed E-state index contributed by atoms with van der Waals surface area (Å²) in [6.07, 6.45) is 3.75. The molecular formula is C14H18BrN3O. The lowest BCUT2D eigenvalue weighted by Gasteiger charge is -2.14. The lowest BCUT2D eigenvalue weighted by Crippen LogP contribution is -2.09. The van der Waals surface area contributed by atoms with Crippen molar-refractivity contribution >= 4 is 21.6 Å². The van der Waals surface area contributed by atoms with E-state index in [1.807, 2.05) is 30.7 Å². The first-order valence-corrected chi connectivity index (χ1v) is 6.99. The molecule has 1 heterocycles. The number of rotatable bonds is 5. The van der Waals surface area contributed by atoms with Crippen molar-refractivity contribution in [2.45, 2.75) is 26.4 Å². The van der Waals surface area contributed by atoms with Crippen LogP contribution in [0.15, 0.2) is 35.2 Å². The Morgan fingerprint density at radius 2 is 2.21 bits per heavy atom. The minimum absolute atomic E-state index is 0.410. The number of methoxy groups -OCH3 is 1. The molecule has 0 unspecified atom stereocenters. The number of halogens is 1. The third kappa shape index (κ3) is 3.29. The maximum atomic E-state index is 5.23. The number of nitrogens with zero attached hydrogens (tertiary/aromatic N) is 2. The van der Waals surface area contributed by atoms with Crippen LogP contribution in [0.3, 0.4) is 0 Å². The molecule has 0 bridgehead atoms. The molecule has 102 valence electrons. The van der Waals surface area contributed by atoms with Gasteiger partial charge in [0.25, 0.3) is 0 Å². The molecule has 1 N–H and O–H groups in total. The first-order chi connectivity index (χ1) is 9.11. The normalized spacial score (nSPS) is 10.8. The van der Waals surface area contributed by atoms with E-state index in [0.717, 1.165) is 28.1 Å². The Bertz CT molecular complexity index is 551. The van der Waals surface area contributed by atoms with E-state index in [9.17, 15) is 0 Å². The second kappa shape index (κ2) is 6.10. The number of benzene rings is 1. The van der Waals surface area contributed by atoms with Crippen LogP contribution in [0, 0.1) is 0 Å². The van der Waals surface area contributed by atoms with E-state index in [0.29, 0.717) is 6.04 Å². The van der Waals surface area contributed by atoms with Crippen LogP contribution in [0.2, 0.25) is 0 Å². The lowest BCUT2D eigenvalue weighted by molar-refractivity contribution is 0.415. The molecule has 0 atom stereocenters. The van der Waals surface area contributed by atoms with Crippen LogP contribution in [0.1, 0.15) is 25.6 Å². The first kappa shape index (κ1) is 13.9. The van der Waals surface area contributed by atoms with Crippen molar-refractivity contribution in [2.75, 3.05) is 12.4 Å². The highest BCUT2D eigenvalue weighted by atomic mass is 79.9. The third-order valence-electron chi connectivity index (χ3n) is 2.94. The second-order valence-corrected chi connectivity index (χ2v) is 5.44. The number of imidazole rings is 1. The topological polar surface area (TPSA) is 39.1 Å². The van der Waals surface area contributed by atoms with Crippen molar-refractivity contribution in [3.8, 4) is 5.75 Å². The summed E-state index contributed by atoms with van der Waals surface area (Å²) in [5, 5.41) is 3.40. The van der Waals surface area contributed by atoms with Gasteiger partial charge in [-0.05, 0) is 41.9 Å². The minimum Gasteiger partial charge on any atom is -0.497 e. The number of hydrogen-bond donors (Lipinski definition) is 1. The van der Waals surface area contributed by atoms with Gasteiger partial charge in [-0.25, -0.2) is 4.98 Å². The summed E-state index contributed by atoms with van der Waals surface area (Å²) in [7, 11) is 1.67. The largest absolute Gasteiger partial charge is 0.497 e. The van der Waals surface area contributed by atoms with Crippen molar-refractivity contribution in [3.63, 3.8) is 0 Å². The molecule has 0 spiro atoms. The molecule has 1 aromatic heterocycles. The number of aromatic nitrogens is 2. The van der Waals surface area contributed by atoms with Crippen molar-refractivity contribution in [1.82, 2.24) is 9.55 Å². The highest BCUT2D eigenvalue weighted by Gasteiger charge is 2.07. The number of nitrogens with one attached hydrogen (secondary N) is 1. The van der Waals surface area contributed by atoms with Gasteiger partial charge in [-0.15, -0.1) is 0 Å². The number of ether oxygens (including phenoxy) is 1. The smallest absolute Gasteiger partial charge is 0.121 e. The third-order valence-corrected chi connectivity index (χ3v) is 3.63. The molecule has 0 saturated carbocycles. The van der Waals surface area contributed by atoms with E-state index in [1.165, 1.54) is 0 Å². The van der Waals surface area contributed by atoms with E-state index >= 15 is 0 Å². The SMILES string of the molecule is COc1ccc(Br)c(NCc2cncn2C(C)C)c1. The summed E-state index contributed by atoms with van der Waals surface area (Å²) in [5.41, 5.74) is 2.17. The van der Waals surface area contributed by atoms with E-state index in [2.05, 4.69) is 44.6 Å². The fourth-order valence-corrected chi connectivity index (χ4v) is 2.27. The maximum absolute atomic E-state index is 5.23. The minimum atomic E-state index is 0.410. The first-order valence-electron chi connectivity index (χ1n) is 6.20. The molecule has 5 heteroatoms. The van der Waals surface area contributed by atoms with Gasteiger partial charge in [-0.1, -0.05) is 0 Å². The van der Waals surface area contributed by atoms with Gasteiger partial charge in [0, 0.05) is 22.8 Å². The number of hydrogen-bond acceptors (Lipinski definition) is 3. The van der Waals surface area contributed by atoms with Crippen LogP contribution in [0.5, 0.6) is 5.75 Å². The summed E-state index contributed by atoms with van der Waals surface area (Å²) in [6.45, 7) is 5.02. The molecule has 0 aliphatic carbocycles. The summed E-state index contributed by atoms with van der Waals surface area (Å²) in [6, 6.07) is 6.28. The van der Waals surface area contributed by atoms with Crippen molar-refractivity contribution < 1.29 is 4.74 Å². The standard InChI is InChI=1S/C14H18BrN3O/c1-10(2)18-9-16-7-11(18)8-17-14-6-12(19-3)4-5-13(14)15/h4-7,9-10,17H,8H2,1-3H3. The summed E-state index contributed by atoms with van der Waals surface area (Å²) in [4.78, 5) is 4.20. The fraction of sp³-hybridized carbons (Fsp3) is 0.357. The Labute approximate surface area is 121 Å². The van der Waals surface area contributed by atoms with E-state index in [-0.39, 0.29) is 0 Å². The summed E-state index contributed by atoms with van der Waals surface area (Å²) in [5.74, 6) is 0.836. The molecule has 0 aliphatic heterocycles. The lowest BCUT2D eigenvalue weighted by atomic mass is 10.3. The average Bonchev–Trinajstić information content (AvgIpc) is 2.86. The zero-order valence-corrected chi connectivity index (χ0v) is 12.9. The van der Waals surface area contributed by atoms with Gasteiger partial charge in [0.15, 0.2) is 0 Å². The highest BCUT2D eigenvalue weighted by Crippen LogP contribution is 2.27. The predicted molar refractivity (Wildman–Crippen MR) is 80.6 cm³/mol. The van der Waals surface area contributed by atoms with Gasteiger partial charge in [-0.3, -0.25) is 0 Å². The Morgan fingerprint density at radius 1 is 1.42 bits per heavy atom. The Hall–Kier alpha value is -1.49. The van der Waals surface area contributed by atoms with Crippen LogP contribution in [0.4, 0.5) is 5.69 Å². The molecule has 0 saturated heterocycles. The second-order valence-electron chi connectivity index (χ2n) is 4.59. The maximum Gasteiger partial charge on any atom is 0.121 e. The average molecular weight is 324 g/mol. The highest BCUT2D eigenvalue weighted by molar-refractivity contribution is 9.10. The molecule has 0 fully saturated rings. The van der Waals surface area contributed by atoms with Gasteiger partial charge in [0.1, 0.15) is 5.75 Å². The molecular weight excluding hydrogens is 306 g/mol. The van der Waals surface area contributed by atoms with Gasteiger partial charge in [0.2, 0.25) is 0 Å². The zero-order chi connectivity index (χ0) is 13.8. The molecule has 2 rings (SSSR count). The van der Waals surface area contributed by atoms with Crippen molar-refractivity contribution in [3.05, 3.63) is 40.9 Å². The van der Waals surface area contributed by atoms with Gasteiger partial charge >= 0.3 is 0 Å². The molecule has 19 heavy (non-hydrogen) atoms. The molecule has 4 nitrogen and oxygen atoms in total. The predicted octanol–water partition coefficient (Wildman–Crippen LogP) is 3.85. The Morgan fingerprint density at radius 3 is 2.89 bits per heavy atom. The van der Waals surface area contributed by atoms with E-state index in [4.69, 9.17) is 4.74 Å². The summed E-state index contributed by atoms with van der Waals surface area (Å²) >= 11 is 3.53. The Balaban J connectivity index is 2.12. The molecule has 1 aromatic carbocycles. The summed E-state index contributed by atoms with van der Waals surface area (Å²) < 4.78 is 8.40. The van der Waals surface area contributed by atoms with Crippen LogP contribution >= 0.6 is 15.9 Å². The molecule has 2 aromatic rings. The van der Waals surface area contributed by atoms with Crippen molar-refractivity contribution in [1.29, 1.82) is 0 Å². The molecule has 0 aliphatic rings. The van der Waals surface area contributed by atoms with Crippen molar-refractivity contribution in [2.24, 2.45) is 0 Å². The van der Waals surface area contributed by atoms with Crippen LogP contribution < -0.4 is 10.1 Å². The zero-order valence-electron chi connectivity index (χ0n) is 11.4. The van der Waals surface area contributed by atoms with Crippen LogP contribution in [-0.2, 0) is 6.54 Å². The van der Waals surface area contributed by atoms with Gasteiger partial charge in [0.05, 0.1) is 31.4 Å². The quantitative estimate of drug-likeness (QED) is 0.908. The van der Waals surface area contributed by atoms with Crippen LogP contribution in [-0.4, -0.2) is 16.7 Å². The van der Waals surface area contributed by atoms with E-state index in [1.54, 1.807) is 7.11 Å². The molecule has 0 amide bonds. The van der Waals surface area contributed by atoms with E-state index < -0.39 is 0 Å². The van der Waals surface area contributed by atoms with Gasteiger partial charge in [-0.2, -0.15) is 0 Å². The monoisotopic (exact) mass is 323 g/mol. The van der Waals surface area contributed by atoms with Gasteiger partial charge < -0.3 is 14.6 Å².